The van der Waals surface area contributed by atoms with Gasteiger partial charge in [-0.2, -0.15) is 4.99 Å². The number of ether oxygens (including phenoxy) is 1. The van der Waals surface area contributed by atoms with E-state index in [1.807, 2.05) is 0 Å². The van der Waals surface area contributed by atoms with Gasteiger partial charge in [-0.25, -0.2) is 0 Å². The molecule has 0 fully saturated rings. The summed E-state index contributed by atoms with van der Waals surface area (Å²) in [5.41, 5.74) is 0. The Morgan fingerprint density at radius 1 is 1.12 bits per heavy atom. The summed E-state index contributed by atoms with van der Waals surface area (Å²) in [6.07, 6.45) is 12.1. The van der Waals surface area contributed by atoms with Gasteiger partial charge in [0, 0.05) is 0 Å². The minimum absolute atomic E-state index is 0.108. The molecule has 0 aliphatic carbocycles. The molecule has 1 aliphatic rings. The molecule has 0 bridgehead atoms. The maximum Gasteiger partial charge on any atom is 0.289 e. The molecule has 0 aromatic rings. The zero-order valence-electron chi connectivity index (χ0n) is 10.3. The van der Waals surface area contributed by atoms with Crippen LogP contribution in [-0.2, 0) is 9.53 Å². The van der Waals surface area contributed by atoms with Gasteiger partial charge in [-0.3, -0.25) is 4.79 Å². The summed E-state index contributed by atoms with van der Waals surface area (Å²) in [6, 6.07) is 0. The Balaban J connectivity index is 1.83. The van der Waals surface area contributed by atoms with E-state index in [0.29, 0.717) is 0 Å². The third-order valence-corrected chi connectivity index (χ3v) is 3.00. The van der Waals surface area contributed by atoms with Crippen molar-refractivity contribution in [2.45, 2.75) is 70.8 Å². The molecule has 0 aromatic carbocycles. The van der Waals surface area contributed by atoms with Crippen LogP contribution in [0.2, 0.25) is 0 Å². The van der Waals surface area contributed by atoms with E-state index in [0.717, 1.165) is 12.8 Å². The van der Waals surface area contributed by atoms with Crippen molar-refractivity contribution < 1.29 is 9.53 Å². The maximum atomic E-state index is 11.1. The van der Waals surface area contributed by atoms with Crippen LogP contribution in [0.15, 0.2) is 4.99 Å². The first-order valence-electron chi connectivity index (χ1n) is 6.56. The second-order valence-corrected chi connectivity index (χ2v) is 4.46. The molecule has 92 valence electrons. The van der Waals surface area contributed by atoms with E-state index in [4.69, 9.17) is 4.74 Å². The fourth-order valence-corrected chi connectivity index (χ4v) is 1.95. The van der Waals surface area contributed by atoms with Crippen LogP contribution in [0.1, 0.15) is 64.7 Å². The highest BCUT2D eigenvalue weighted by atomic mass is 16.5. The zero-order valence-corrected chi connectivity index (χ0v) is 10.3. The Bertz CT molecular complexity index is 226. The van der Waals surface area contributed by atoms with E-state index in [1.165, 1.54) is 51.3 Å². The molecule has 0 N–H and O–H groups in total. The average molecular weight is 225 g/mol. The number of nitrogens with zero attached hydrogens (tertiary/aromatic N) is 1. The Morgan fingerprint density at radius 3 is 2.31 bits per heavy atom. The van der Waals surface area contributed by atoms with Crippen LogP contribution < -0.4 is 0 Å². The Kier molecular flexibility index (Phi) is 6.86. The summed E-state index contributed by atoms with van der Waals surface area (Å²) in [5, 5.41) is 0. The van der Waals surface area contributed by atoms with E-state index in [9.17, 15) is 4.79 Å². The Morgan fingerprint density at radius 2 is 1.75 bits per heavy atom. The predicted molar refractivity (Wildman–Crippen MR) is 65.6 cm³/mol. The van der Waals surface area contributed by atoms with E-state index in [-0.39, 0.29) is 12.0 Å². The summed E-state index contributed by atoms with van der Waals surface area (Å²) >= 11 is 0. The van der Waals surface area contributed by atoms with Crippen LogP contribution in [0.4, 0.5) is 0 Å². The van der Waals surface area contributed by atoms with E-state index < -0.39 is 0 Å². The van der Waals surface area contributed by atoms with Crippen LogP contribution in [0.5, 0.6) is 0 Å². The van der Waals surface area contributed by atoms with Crippen molar-refractivity contribution in [2.24, 2.45) is 4.99 Å². The third kappa shape index (κ3) is 5.29. The molecule has 1 rings (SSSR count). The number of rotatable bonds is 9. The molecule has 1 aliphatic heterocycles. The van der Waals surface area contributed by atoms with Gasteiger partial charge >= 0.3 is 0 Å². The van der Waals surface area contributed by atoms with E-state index in [1.54, 1.807) is 0 Å². The molecule has 1 unspecified atom stereocenters. The van der Waals surface area contributed by atoms with Crippen LogP contribution in [0, 0.1) is 0 Å². The number of hydrogen-bond donors (Lipinski definition) is 0. The number of carbonyl (C=O) groups is 1. The lowest BCUT2D eigenvalue weighted by molar-refractivity contribution is -0.122. The van der Waals surface area contributed by atoms with E-state index in [2.05, 4.69) is 11.9 Å². The normalized spacial score (nSPS) is 19.1. The lowest BCUT2D eigenvalue weighted by Gasteiger charge is -2.06. The Hall–Kier alpha value is -0.860. The van der Waals surface area contributed by atoms with Gasteiger partial charge in [0.15, 0.2) is 12.5 Å². The molecule has 0 saturated heterocycles. The summed E-state index contributed by atoms with van der Waals surface area (Å²) in [6.45, 7) is 2.24. The largest absolute Gasteiger partial charge is 0.470 e. The number of unbranched alkanes of at least 4 members (excludes halogenated alkanes) is 7. The predicted octanol–water partition coefficient (Wildman–Crippen LogP) is 3.47. The maximum absolute atomic E-state index is 11.1. The lowest BCUT2D eigenvalue weighted by atomic mass is 10.1. The van der Waals surface area contributed by atoms with Crippen LogP contribution >= 0.6 is 0 Å². The molecule has 1 heterocycles. The smallest absolute Gasteiger partial charge is 0.289 e. The minimum atomic E-state index is -0.278. The third-order valence-electron chi connectivity index (χ3n) is 3.00. The second kappa shape index (κ2) is 8.31. The first kappa shape index (κ1) is 13.2. The topological polar surface area (TPSA) is 38.7 Å². The highest BCUT2D eigenvalue weighted by molar-refractivity contribution is 5.91. The van der Waals surface area contributed by atoms with Crippen molar-refractivity contribution in [2.75, 3.05) is 0 Å². The average Bonchev–Trinajstić information content (AvgIpc) is 2.68. The van der Waals surface area contributed by atoms with Crippen LogP contribution in [0.3, 0.4) is 0 Å². The number of carbonyl (C=O) groups excluding carboxylic acids is 1. The fraction of sp³-hybridized carbons (Fsp3) is 0.846. The standard InChI is InChI=1S/C13H23NO2/c1-2-3-4-5-6-7-8-9-10-12-13(15)14-11-16-12/h11-12H,2-10H2,1H3. The van der Waals surface area contributed by atoms with Crippen molar-refractivity contribution in [3.63, 3.8) is 0 Å². The molecule has 3 nitrogen and oxygen atoms in total. The first-order chi connectivity index (χ1) is 7.84. The van der Waals surface area contributed by atoms with Gasteiger partial charge in [0.2, 0.25) is 0 Å². The highest BCUT2D eigenvalue weighted by Crippen LogP contribution is 2.13. The van der Waals surface area contributed by atoms with Crippen LogP contribution in [-0.4, -0.2) is 18.4 Å². The summed E-state index contributed by atoms with van der Waals surface area (Å²) in [7, 11) is 0. The summed E-state index contributed by atoms with van der Waals surface area (Å²) in [5.74, 6) is -0.108. The van der Waals surface area contributed by atoms with Gasteiger partial charge in [0.1, 0.15) is 0 Å². The highest BCUT2D eigenvalue weighted by Gasteiger charge is 2.21. The van der Waals surface area contributed by atoms with Crippen molar-refractivity contribution in [3.05, 3.63) is 0 Å². The van der Waals surface area contributed by atoms with Gasteiger partial charge in [0.25, 0.3) is 5.91 Å². The molecule has 16 heavy (non-hydrogen) atoms. The van der Waals surface area contributed by atoms with Gasteiger partial charge in [0.05, 0.1) is 0 Å². The zero-order chi connectivity index (χ0) is 11.6. The van der Waals surface area contributed by atoms with E-state index >= 15 is 0 Å². The molecular formula is C13H23NO2. The van der Waals surface area contributed by atoms with Crippen LogP contribution in [0.25, 0.3) is 0 Å². The number of amides is 1. The molecule has 0 radical (unpaired) electrons. The Labute approximate surface area is 98.3 Å². The second-order valence-electron chi connectivity index (χ2n) is 4.46. The summed E-state index contributed by atoms with van der Waals surface area (Å²) in [4.78, 5) is 14.7. The molecule has 0 aromatic heterocycles. The molecule has 1 atom stereocenters. The first-order valence-corrected chi connectivity index (χ1v) is 6.56. The quantitative estimate of drug-likeness (QED) is 0.563. The number of aliphatic imine (C=N–C) groups is 1. The molecule has 0 saturated carbocycles. The molecular weight excluding hydrogens is 202 g/mol. The fourth-order valence-electron chi connectivity index (χ4n) is 1.95. The molecule has 3 heteroatoms. The number of hydrogen-bond acceptors (Lipinski definition) is 2. The molecule has 1 amide bonds. The lowest BCUT2D eigenvalue weighted by Crippen LogP contribution is -2.15. The van der Waals surface area contributed by atoms with Gasteiger partial charge in [-0.05, 0) is 12.8 Å². The van der Waals surface area contributed by atoms with Crippen molar-refractivity contribution >= 4 is 12.3 Å². The van der Waals surface area contributed by atoms with Crippen molar-refractivity contribution in [3.8, 4) is 0 Å². The monoisotopic (exact) mass is 225 g/mol. The van der Waals surface area contributed by atoms with Gasteiger partial charge in [-0.1, -0.05) is 51.9 Å². The van der Waals surface area contributed by atoms with Crippen molar-refractivity contribution in [1.29, 1.82) is 0 Å². The van der Waals surface area contributed by atoms with Gasteiger partial charge < -0.3 is 4.74 Å². The van der Waals surface area contributed by atoms with Crippen molar-refractivity contribution in [1.82, 2.24) is 0 Å². The summed E-state index contributed by atoms with van der Waals surface area (Å²) < 4.78 is 5.08. The van der Waals surface area contributed by atoms with Gasteiger partial charge in [-0.15, -0.1) is 0 Å². The minimum Gasteiger partial charge on any atom is -0.470 e. The SMILES string of the molecule is CCCCCCCCCCC1OC=NC1=O. The molecule has 0 spiro atoms.